The van der Waals surface area contributed by atoms with E-state index in [0.717, 1.165) is 30.9 Å². The minimum atomic E-state index is -0.194. The van der Waals surface area contributed by atoms with E-state index in [4.69, 9.17) is 4.74 Å². The van der Waals surface area contributed by atoms with Gasteiger partial charge in [0.15, 0.2) is 0 Å². The fraction of sp³-hybridized carbons (Fsp3) is 0.652. The molecule has 2 unspecified atom stereocenters. The Balaban J connectivity index is 2.25. The monoisotopic (exact) mass is 363 g/mol. The molecule has 1 N–H and O–H groups in total. The van der Waals surface area contributed by atoms with Gasteiger partial charge in [0.2, 0.25) is 0 Å². The van der Waals surface area contributed by atoms with E-state index in [1.165, 1.54) is 44.7 Å². The molecule has 1 fully saturated rings. The quantitative estimate of drug-likeness (QED) is 0.239. The summed E-state index contributed by atoms with van der Waals surface area (Å²) in [6, 6.07) is 0.690. The first kappa shape index (κ1) is 22.7. The highest BCUT2D eigenvalue weighted by Crippen LogP contribution is 2.21. The Morgan fingerprint density at radius 3 is 2.73 bits per heavy atom. The van der Waals surface area contributed by atoms with Gasteiger partial charge in [0.1, 0.15) is 12.4 Å². The largest absolute Gasteiger partial charge is 0.493 e. The van der Waals surface area contributed by atoms with Crippen LogP contribution in [0.4, 0.5) is 4.39 Å². The van der Waals surface area contributed by atoms with E-state index in [1.54, 1.807) is 13.0 Å². The number of unbranched alkanes of at least 4 members (excludes halogenated alkanes) is 2. The van der Waals surface area contributed by atoms with E-state index in [9.17, 15) is 4.39 Å². The molecule has 1 rings (SSSR count). The van der Waals surface area contributed by atoms with Crippen LogP contribution >= 0.6 is 0 Å². The molecular formula is C23H38FNO. The third-order valence-corrected chi connectivity index (χ3v) is 4.98. The van der Waals surface area contributed by atoms with Crippen molar-refractivity contribution < 1.29 is 9.13 Å². The van der Waals surface area contributed by atoms with Gasteiger partial charge in [-0.25, -0.2) is 4.39 Å². The van der Waals surface area contributed by atoms with Gasteiger partial charge in [0.25, 0.3) is 0 Å². The lowest BCUT2D eigenvalue weighted by atomic mass is 9.91. The number of hydrogen-bond acceptors (Lipinski definition) is 2. The molecule has 2 atom stereocenters. The van der Waals surface area contributed by atoms with Crippen LogP contribution in [0.5, 0.6) is 0 Å². The molecular weight excluding hydrogens is 325 g/mol. The lowest BCUT2D eigenvalue weighted by Crippen LogP contribution is -2.36. The summed E-state index contributed by atoms with van der Waals surface area (Å²) >= 11 is 0. The molecule has 0 saturated carbocycles. The summed E-state index contributed by atoms with van der Waals surface area (Å²) in [5, 5.41) is 3.58. The molecule has 0 aliphatic carbocycles. The molecule has 0 aromatic heterocycles. The Morgan fingerprint density at radius 2 is 2.08 bits per heavy atom. The van der Waals surface area contributed by atoms with Crippen molar-refractivity contribution in [1.29, 1.82) is 0 Å². The maximum absolute atomic E-state index is 13.8. The zero-order valence-corrected chi connectivity index (χ0v) is 17.0. The fourth-order valence-electron chi connectivity index (χ4n) is 3.18. The Morgan fingerprint density at radius 1 is 1.27 bits per heavy atom. The zero-order chi connectivity index (χ0) is 19.2. The Labute approximate surface area is 160 Å². The molecule has 2 nitrogen and oxygen atoms in total. The van der Waals surface area contributed by atoms with Gasteiger partial charge in [0, 0.05) is 12.5 Å². The molecule has 148 valence electrons. The Kier molecular flexibility index (Phi) is 12.0. The van der Waals surface area contributed by atoms with Gasteiger partial charge in [0.05, 0.1) is 5.76 Å². The van der Waals surface area contributed by atoms with Crippen molar-refractivity contribution >= 4 is 0 Å². The first-order valence-corrected chi connectivity index (χ1v) is 10.3. The number of halogens is 1. The summed E-state index contributed by atoms with van der Waals surface area (Å²) in [4.78, 5) is 0. The first-order chi connectivity index (χ1) is 12.6. The standard InChI is InChI=1S/C23H38FNO/c1-5-7-14-23(24)19(3)18-26-22(11-6-2)13-10-8-9-12-21-16-15-20(4)25-17-21/h6-7,11,14,20-21,25H,2,5,8-10,12-13,15-18H2,1,3-4H3/b14-7-,22-11+,23-19-. The fourth-order valence-corrected chi connectivity index (χ4v) is 3.18. The topological polar surface area (TPSA) is 21.3 Å². The van der Waals surface area contributed by atoms with E-state index in [2.05, 4.69) is 18.8 Å². The number of ether oxygens (including phenoxy) is 1. The molecule has 0 radical (unpaired) electrons. The zero-order valence-electron chi connectivity index (χ0n) is 17.0. The number of hydrogen-bond donors (Lipinski definition) is 1. The number of allylic oxidation sites excluding steroid dienone is 6. The van der Waals surface area contributed by atoms with Crippen molar-refractivity contribution in [2.45, 2.75) is 78.2 Å². The summed E-state index contributed by atoms with van der Waals surface area (Å²) in [7, 11) is 0. The molecule has 26 heavy (non-hydrogen) atoms. The molecule has 0 aromatic carbocycles. The second-order valence-electron chi connectivity index (χ2n) is 7.45. The molecule has 0 aromatic rings. The lowest BCUT2D eigenvalue weighted by Gasteiger charge is -2.27. The van der Waals surface area contributed by atoms with Crippen LogP contribution in [0, 0.1) is 5.92 Å². The van der Waals surface area contributed by atoms with E-state index < -0.39 is 0 Å². The SMILES string of the molecule is C=C/C=C(\CCCCCC1CCC(C)NC1)OC/C(C)=C(F)/C=C\CC. The van der Waals surface area contributed by atoms with Crippen molar-refractivity contribution in [2.24, 2.45) is 5.92 Å². The Bertz CT molecular complexity index is 484. The lowest BCUT2D eigenvalue weighted by molar-refractivity contribution is 0.223. The van der Waals surface area contributed by atoms with Crippen LogP contribution in [-0.2, 0) is 4.74 Å². The second kappa shape index (κ2) is 13.8. The van der Waals surface area contributed by atoms with Crippen LogP contribution in [0.15, 0.2) is 48.0 Å². The van der Waals surface area contributed by atoms with Crippen LogP contribution in [0.2, 0.25) is 0 Å². The van der Waals surface area contributed by atoms with Crippen LogP contribution in [0.1, 0.15) is 72.1 Å². The van der Waals surface area contributed by atoms with Crippen molar-refractivity contribution in [3.05, 3.63) is 48.0 Å². The molecule has 0 spiro atoms. The van der Waals surface area contributed by atoms with Gasteiger partial charge >= 0.3 is 0 Å². The van der Waals surface area contributed by atoms with E-state index >= 15 is 0 Å². The molecule has 1 aliphatic rings. The maximum atomic E-state index is 13.8. The molecule has 0 amide bonds. The van der Waals surface area contributed by atoms with Crippen molar-refractivity contribution in [1.82, 2.24) is 5.32 Å². The molecule has 3 heteroatoms. The van der Waals surface area contributed by atoms with Gasteiger partial charge in [-0.1, -0.05) is 38.5 Å². The molecule has 0 bridgehead atoms. The summed E-state index contributed by atoms with van der Waals surface area (Å²) in [6.45, 7) is 11.3. The van der Waals surface area contributed by atoms with Crippen LogP contribution in [0.25, 0.3) is 0 Å². The summed E-state index contributed by atoms with van der Waals surface area (Å²) in [5.74, 6) is 1.55. The van der Waals surface area contributed by atoms with E-state index in [-0.39, 0.29) is 5.83 Å². The maximum Gasteiger partial charge on any atom is 0.125 e. The highest BCUT2D eigenvalue weighted by Gasteiger charge is 2.16. The van der Waals surface area contributed by atoms with Crippen LogP contribution in [-0.4, -0.2) is 19.2 Å². The van der Waals surface area contributed by atoms with Crippen molar-refractivity contribution in [3.63, 3.8) is 0 Å². The number of nitrogens with one attached hydrogen (secondary N) is 1. The van der Waals surface area contributed by atoms with Crippen molar-refractivity contribution in [3.8, 4) is 0 Å². The molecule has 1 saturated heterocycles. The van der Waals surface area contributed by atoms with E-state index in [1.807, 2.05) is 19.1 Å². The van der Waals surface area contributed by atoms with E-state index in [0.29, 0.717) is 18.2 Å². The van der Waals surface area contributed by atoms with Crippen molar-refractivity contribution in [2.75, 3.05) is 13.2 Å². The van der Waals surface area contributed by atoms with Gasteiger partial charge in [-0.15, -0.1) is 0 Å². The highest BCUT2D eigenvalue weighted by atomic mass is 19.1. The van der Waals surface area contributed by atoms with Crippen LogP contribution < -0.4 is 5.32 Å². The average molecular weight is 364 g/mol. The predicted molar refractivity (Wildman–Crippen MR) is 111 cm³/mol. The summed E-state index contributed by atoms with van der Waals surface area (Å²) in [6.07, 6.45) is 16.3. The average Bonchev–Trinajstić information content (AvgIpc) is 2.64. The van der Waals surface area contributed by atoms with Gasteiger partial charge < -0.3 is 10.1 Å². The van der Waals surface area contributed by atoms with Gasteiger partial charge in [-0.2, -0.15) is 0 Å². The smallest absolute Gasteiger partial charge is 0.125 e. The molecule has 1 heterocycles. The summed E-state index contributed by atoms with van der Waals surface area (Å²) in [5.41, 5.74) is 0.628. The third kappa shape index (κ3) is 9.96. The minimum absolute atomic E-state index is 0.194. The summed E-state index contributed by atoms with van der Waals surface area (Å²) < 4.78 is 19.6. The van der Waals surface area contributed by atoms with Gasteiger partial charge in [-0.05, 0) is 76.1 Å². The Hall–Kier alpha value is -1.35. The number of rotatable bonds is 12. The molecule has 1 aliphatic heterocycles. The third-order valence-electron chi connectivity index (χ3n) is 4.98. The predicted octanol–water partition coefficient (Wildman–Crippen LogP) is 6.62. The minimum Gasteiger partial charge on any atom is -0.493 e. The normalized spacial score (nSPS) is 22.4. The van der Waals surface area contributed by atoms with Crippen LogP contribution in [0.3, 0.4) is 0 Å². The second-order valence-corrected chi connectivity index (χ2v) is 7.45. The first-order valence-electron chi connectivity index (χ1n) is 10.3. The van der Waals surface area contributed by atoms with Gasteiger partial charge in [-0.3, -0.25) is 0 Å². The number of piperidine rings is 1. The highest BCUT2D eigenvalue weighted by molar-refractivity contribution is 5.18.